The molecule has 2 heterocycles. The van der Waals surface area contributed by atoms with Crippen LogP contribution in [0.2, 0.25) is 0 Å². The molecule has 0 fully saturated rings. The maximum atomic E-state index is 12.0. The number of hydrogen-bond acceptors (Lipinski definition) is 5. The van der Waals surface area contributed by atoms with Crippen molar-refractivity contribution in [2.24, 2.45) is 0 Å². The topological polar surface area (TPSA) is 81.9 Å². The van der Waals surface area contributed by atoms with E-state index in [2.05, 4.69) is 27.4 Å². The van der Waals surface area contributed by atoms with Crippen LogP contribution >= 0.6 is 0 Å². The van der Waals surface area contributed by atoms with Gasteiger partial charge in [-0.05, 0) is 12.5 Å². The molecule has 0 unspecified atom stereocenters. The fraction of sp³-hybridized carbons (Fsp3) is 0.385. The Labute approximate surface area is 117 Å². The third kappa shape index (κ3) is 3.31. The molecular weight excluding hydrogens is 258 g/mol. The monoisotopic (exact) mass is 275 g/mol. The highest BCUT2D eigenvalue weighted by Gasteiger charge is 2.09. The van der Waals surface area contributed by atoms with Crippen molar-refractivity contribution in [1.29, 1.82) is 0 Å². The molecule has 1 amide bonds. The Bertz CT molecular complexity index is 582. The molecule has 0 spiro atoms. The predicted molar refractivity (Wildman–Crippen MR) is 72.3 cm³/mol. The van der Waals surface area contributed by atoms with Gasteiger partial charge in [0.1, 0.15) is 6.33 Å². The van der Waals surface area contributed by atoms with Gasteiger partial charge in [0.05, 0.1) is 13.7 Å². The summed E-state index contributed by atoms with van der Waals surface area (Å²) in [4.78, 5) is 16.0. The molecule has 7 nitrogen and oxygen atoms in total. The number of nitrogens with one attached hydrogen (secondary N) is 1. The largest absolute Gasteiger partial charge is 0.481 e. The Balaban J connectivity index is 1.99. The molecule has 1 N–H and O–H groups in total. The summed E-state index contributed by atoms with van der Waals surface area (Å²) in [6, 6.07) is 3.22. The van der Waals surface area contributed by atoms with Crippen molar-refractivity contribution < 1.29 is 9.53 Å². The molecular formula is C13H17N5O2. The first-order valence-corrected chi connectivity index (χ1v) is 6.39. The fourth-order valence-electron chi connectivity index (χ4n) is 1.77. The van der Waals surface area contributed by atoms with Crippen LogP contribution in [0, 0.1) is 0 Å². The molecule has 106 valence electrons. The molecule has 0 radical (unpaired) electrons. The molecule has 7 heteroatoms. The van der Waals surface area contributed by atoms with Gasteiger partial charge in [-0.2, -0.15) is 0 Å². The van der Waals surface area contributed by atoms with Gasteiger partial charge in [-0.15, -0.1) is 10.2 Å². The van der Waals surface area contributed by atoms with E-state index in [1.54, 1.807) is 18.5 Å². The minimum absolute atomic E-state index is 0.197. The molecule has 2 aromatic heterocycles. The number of hydrogen-bond donors (Lipinski definition) is 1. The maximum absolute atomic E-state index is 12.0. The molecule has 2 aromatic rings. The number of amides is 1. The second-order valence-electron chi connectivity index (χ2n) is 4.21. The van der Waals surface area contributed by atoms with E-state index in [0.29, 0.717) is 18.0 Å². The molecule has 20 heavy (non-hydrogen) atoms. The predicted octanol–water partition coefficient (Wildman–Crippen LogP) is 1.02. The SMILES string of the molecule is CCCn1cnnc1CNC(=O)c1ccnc(OC)c1. The zero-order chi connectivity index (χ0) is 14.4. The number of carbonyl (C=O) groups excluding carboxylic acids is 1. The van der Waals surface area contributed by atoms with E-state index in [0.717, 1.165) is 18.8 Å². The number of ether oxygens (including phenoxy) is 1. The summed E-state index contributed by atoms with van der Waals surface area (Å²) in [5, 5.41) is 10.7. The molecule has 0 bridgehead atoms. The molecule has 0 saturated heterocycles. The van der Waals surface area contributed by atoms with Crippen LogP contribution in [-0.2, 0) is 13.1 Å². The molecule has 0 atom stereocenters. The Morgan fingerprint density at radius 3 is 3.10 bits per heavy atom. The average molecular weight is 275 g/mol. The summed E-state index contributed by atoms with van der Waals surface area (Å²) < 4.78 is 6.91. The van der Waals surface area contributed by atoms with Crippen LogP contribution < -0.4 is 10.1 Å². The van der Waals surface area contributed by atoms with Gasteiger partial charge in [0.2, 0.25) is 5.88 Å². The van der Waals surface area contributed by atoms with Crippen LogP contribution in [0.1, 0.15) is 29.5 Å². The number of nitrogens with zero attached hydrogens (tertiary/aromatic N) is 4. The Kier molecular flexibility index (Phi) is 4.65. The van der Waals surface area contributed by atoms with Gasteiger partial charge >= 0.3 is 0 Å². The van der Waals surface area contributed by atoms with Gasteiger partial charge in [0, 0.05) is 24.4 Å². The minimum Gasteiger partial charge on any atom is -0.481 e. The molecule has 0 aliphatic rings. The lowest BCUT2D eigenvalue weighted by molar-refractivity contribution is 0.0949. The second-order valence-corrected chi connectivity index (χ2v) is 4.21. The molecule has 0 aliphatic heterocycles. The van der Waals surface area contributed by atoms with E-state index in [9.17, 15) is 4.79 Å². The number of rotatable bonds is 6. The summed E-state index contributed by atoms with van der Waals surface area (Å²) in [5.41, 5.74) is 0.499. The zero-order valence-corrected chi connectivity index (χ0v) is 11.5. The highest BCUT2D eigenvalue weighted by molar-refractivity contribution is 5.94. The number of aryl methyl sites for hydroxylation is 1. The normalized spacial score (nSPS) is 10.3. The number of carbonyl (C=O) groups is 1. The number of pyridine rings is 1. The summed E-state index contributed by atoms with van der Waals surface area (Å²) in [5.74, 6) is 0.949. The van der Waals surface area contributed by atoms with Crippen molar-refractivity contribution in [2.75, 3.05) is 7.11 Å². The fourth-order valence-corrected chi connectivity index (χ4v) is 1.77. The van der Waals surface area contributed by atoms with E-state index < -0.39 is 0 Å². The summed E-state index contributed by atoms with van der Waals surface area (Å²) >= 11 is 0. The third-order valence-corrected chi connectivity index (χ3v) is 2.77. The van der Waals surface area contributed by atoms with Gasteiger partial charge < -0.3 is 14.6 Å². The Hall–Kier alpha value is -2.44. The van der Waals surface area contributed by atoms with Gasteiger partial charge in [0.15, 0.2) is 5.82 Å². The van der Waals surface area contributed by atoms with Crippen molar-refractivity contribution >= 4 is 5.91 Å². The molecule has 2 rings (SSSR count). The zero-order valence-electron chi connectivity index (χ0n) is 11.5. The van der Waals surface area contributed by atoms with Gasteiger partial charge in [-0.25, -0.2) is 4.98 Å². The van der Waals surface area contributed by atoms with E-state index in [1.807, 2.05) is 4.57 Å². The van der Waals surface area contributed by atoms with Crippen molar-refractivity contribution in [1.82, 2.24) is 25.1 Å². The van der Waals surface area contributed by atoms with Gasteiger partial charge in [-0.3, -0.25) is 4.79 Å². The quantitative estimate of drug-likeness (QED) is 0.851. The maximum Gasteiger partial charge on any atom is 0.251 e. The molecule has 0 saturated carbocycles. The first-order chi connectivity index (χ1) is 9.74. The van der Waals surface area contributed by atoms with Gasteiger partial charge in [-0.1, -0.05) is 6.92 Å². The lowest BCUT2D eigenvalue weighted by Gasteiger charge is -2.07. The molecule has 0 aromatic carbocycles. The standard InChI is InChI=1S/C13H17N5O2/c1-3-6-18-9-16-17-11(18)8-15-13(19)10-4-5-14-12(7-10)20-2/h4-5,7,9H,3,6,8H2,1-2H3,(H,15,19). The van der Waals surface area contributed by atoms with Gasteiger partial charge in [0.25, 0.3) is 5.91 Å². The van der Waals surface area contributed by atoms with Crippen molar-refractivity contribution in [3.63, 3.8) is 0 Å². The van der Waals surface area contributed by atoms with E-state index in [-0.39, 0.29) is 5.91 Å². The Morgan fingerprint density at radius 1 is 1.50 bits per heavy atom. The summed E-state index contributed by atoms with van der Waals surface area (Å²) in [6.07, 6.45) is 4.19. The van der Waals surface area contributed by atoms with Crippen LogP contribution in [0.15, 0.2) is 24.7 Å². The van der Waals surface area contributed by atoms with Crippen LogP contribution in [-0.4, -0.2) is 32.8 Å². The number of aromatic nitrogens is 4. The minimum atomic E-state index is -0.197. The van der Waals surface area contributed by atoms with Crippen LogP contribution in [0.5, 0.6) is 5.88 Å². The lowest BCUT2D eigenvalue weighted by Crippen LogP contribution is -2.24. The van der Waals surface area contributed by atoms with E-state index in [4.69, 9.17) is 4.74 Å². The van der Waals surface area contributed by atoms with Crippen molar-refractivity contribution in [2.45, 2.75) is 26.4 Å². The smallest absolute Gasteiger partial charge is 0.251 e. The van der Waals surface area contributed by atoms with Crippen molar-refractivity contribution in [3.05, 3.63) is 36.0 Å². The van der Waals surface area contributed by atoms with Crippen LogP contribution in [0.3, 0.4) is 0 Å². The van der Waals surface area contributed by atoms with E-state index in [1.165, 1.54) is 13.3 Å². The second kappa shape index (κ2) is 6.65. The van der Waals surface area contributed by atoms with Crippen LogP contribution in [0.4, 0.5) is 0 Å². The summed E-state index contributed by atoms with van der Waals surface area (Å²) in [6.45, 7) is 3.25. The Morgan fingerprint density at radius 2 is 2.35 bits per heavy atom. The average Bonchev–Trinajstić information content (AvgIpc) is 2.92. The highest BCUT2D eigenvalue weighted by Crippen LogP contribution is 2.08. The lowest BCUT2D eigenvalue weighted by atomic mass is 10.2. The van der Waals surface area contributed by atoms with E-state index >= 15 is 0 Å². The first kappa shape index (κ1) is 14.0. The van der Waals surface area contributed by atoms with Crippen LogP contribution in [0.25, 0.3) is 0 Å². The third-order valence-electron chi connectivity index (χ3n) is 2.77. The van der Waals surface area contributed by atoms with Crippen molar-refractivity contribution in [3.8, 4) is 5.88 Å². The first-order valence-electron chi connectivity index (χ1n) is 6.39. The molecule has 0 aliphatic carbocycles. The number of methoxy groups -OCH3 is 1. The summed E-state index contributed by atoms with van der Waals surface area (Å²) in [7, 11) is 1.51. The highest BCUT2D eigenvalue weighted by atomic mass is 16.5.